The Balaban J connectivity index is 3.62. The highest BCUT2D eigenvalue weighted by atomic mass is 35.7. The summed E-state index contributed by atoms with van der Waals surface area (Å²) in [7, 11) is -0.0614. The van der Waals surface area contributed by atoms with Crippen LogP contribution in [0.2, 0.25) is 0 Å². The van der Waals surface area contributed by atoms with Gasteiger partial charge in [0, 0.05) is 7.11 Å². The Labute approximate surface area is 68.8 Å². The zero-order valence-corrected chi connectivity index (χ0v) is 7.79. The molecule has 0 N–H and O–H groups in total. The molecule has 1 nitrogen and oxygen atoms in total. The van der Waals surface area contributed by atoms with E-state index in [2.05, 4.69) is 4.52 Å². The molecule has 0 aromatic rings. The average molecular weight is 216 g/mol. The van der Waals surface area contributed by atoms with Crippen molar-refractivity contribution in [1.82, 2.24) is 0 Å². The monoisotopic (exact) mass is 214 g/mol. The molecular weight excluding hydrogens is 213 g/mol. The molecule has 1 atom stereocenters. The van der Waals surface area contributed by atoms with Gasteiger partial charge in [0.15, 0.2) is 7.50 Å². The van der Waals surface area contributed by atoms with E-state index in [4.69, 9.17) is 46.0 Å². The van der Waals surface area contributed by atoms with Crippen molar-refractivity contribution in [2.24, 2.45) is 0 Å². The van der Waals surface area contributed by atoms with Gasteiger partial charge in [0.2, 0.25) is 3.53 Å². The zero-order valence-electron chi connectivity index (χ0n) is 3.87. The fourth-order valence-corrected chi connectivity index (χ4v) is 0.932. The smallest absolute Gasteiger partial charge is 0.248 e. The zero-order chi connectivity index (χ0) is 6.78. The van der Waals surface area contributed by atoms with Crippen molar-refractivity contribution in [2.45, 2.75) is 3.53 Å². The lowest BCUT2D eigenvalue weighted by atomic mass is 11.8. The van der Waals surface area contributed by atoms with Crippen LogP contribution in [0.1, 0.15) is 0 Å². The number of hydrogen-bond donors (Lipinski definition) is 0. The fourth-order valence-electron chi connectivity index (χ4n) is 0.104. The molecule has 0 amide bonds. The minimum atomic E-state index is -1.47. The predicted molar refractivity (Wildman–Crippen MR) is 40.1 cm³/mol. The van der Waals surface area contributed by atoms with E-state index < -0.39 is 11.0 Å². The third kappa shape index (κ3) is 3.55. The first kappa shape index (κ1) is 9.55. The van der Waals surface area contributed by atoms with Crippen LogP contribution in [0.5, 0.6) is 0 Å². The van der Waals surface area contributed by atoms with Gasteiger partial charge in [0.05, 0.1) is 0 Å². The van der Waals surface area contributed by atoms with E-state index >= 15 is 0 Å². The molecule has 6 heteroatoms. The van der Waals surface area contributed by atoms with Crippen molar-refractivity contribution in [3.63, 3.8) is 0 Å². The number of alkyl halides is 3. The molecular formula is C2H3Cl4OP. The SMILES string of the molecule is COP(Cl)C(Cl)(Cl)Cl. The number of hydrogen-bond acceptors (Lipinski definition) is 1. The van der Waals surface area contributed by atoms with Crippen LogP contribution in [0.15, 0.2) is 0 Å². The molecule has 0 saturated carbocycles. The van der Waals surface area contributed by atoms with Crippen molar-refractivity contribution >= 4 is 53.5 Å². The Bertz CT molecular complexity index is 70.9. The molecule has 0 bridgehead atoms. The van der Waals surface area contributed by atoms with Crippen LogP contribution in [0.25, 0.3) is 0 Å². The first-order valence-electron chi connectivity index (χ1n) is 1.55. The Hall–Kier alpha value is 1.55. The Morgan fingerprint density at radius 3 is 1.75 bits per heavy atom. The van der Waals surface area contributed by atoms with Gasteiger partial charge in [-0.3, -0.25) is 0 Å². The molecule has 1 unspecified atom stereocenters. The minimum absolute atomic E-state index is 1.39. The highest BCUT2D eigenvalue weighted by Gasteiger charge is 2.31. The van der Waals surface area contributed by atoms with E-state index in [-0.39, 0.29) is 0 Å². The second-order valence-corrected chi connectivity index (χ2v) is 6.41. The largest absolute Gasteiger partial charge is 0.344 e. The minimum Gasteiger partial charge on any atom is -0.344 e. The topological polar surface area (TPSA) is 9.23 Å². The Kier molecular flexibility index (Phi) is 4.36. The molecule has 0 aliphatic carbocycles. The summed E-state index contributed by atoms with van der Waals surface area (Å²) in [6.07, 6.45) is 0. The molecule has 0 rings (SSSR count). The number of halogens is 4. The summed E-state index contributed by atoms with van der Waals surface area (Å²) < 4.78 is 3.08. The lowest BCUT2D eigenvalue weighted by Crippen LogP contribution is -1.94. The van der Waals surface area contributed by atoms with Crippen LogP contribution in [-0.2, 0) is 4.52 Å². The van der Waals surface area contributed by atoms with E-state index in [0.717, 1.165) is 0 Å². The molecule has 0 aromatic carbocycles. The van der Waals surface area contributed by atoms with Gasteiger partial charge in [0.1, 0.15) is 0 Å². The van der Waals surface area contributed by atoms with Crippen molar-refractivity contribution in [3.8, 4) is 0 Å². The molecule has 50 valence electrons. The van der Waals surface area contributed by atoms with E-state index in [1.807, 2.05) is 0 Å². The van der Waals surface area contributed by atoms with Crippen LogP contribution in [0.4, 0.5) is 0 Å². The first-order chi connectivity index (χ1) is 3.48. The first-order valence-corrected chi connectivity index (χ1v) is 4.85. The Morgan fingerprint density at radius 2 is 1.75 bits per heavy atom. The summed E-state index contributed by atoms with van der Waals surface area (Å²) in [4.78, 5) is 0. The Morgan fingerprint density at radius 1 is 1.38 bits per heavy atom. The summed E-state index contributed by atoms with van der Waals surface area (Å²) in [6, 6.07) is 0. The van der Waals surface area contributed by atoms with Gasteiger partial charge in [0.25, 0.3) is 0 Å². The summed E-state index contributed by atoms with van der Waals surface area (Å²) in [5.74, 6) is 0. The van der Waals surface area contributed by atoms with Crippen LogP contribution in [-0.4, -0.2) is 10.6 Å². The third-order valence-corrected chi connectivity index (χ3v) is 4.41. The second-order valence-electron chi connectivity index (χ2n) is 0.895. The van der Waals surface area contributed by atoms with Crippen molar-refractivity contribution in [1.29, 1.82) is 0 Å². The van der Waals surface area contributed by atoms with Gasteiger partial charge in [-0.05, 0) is 0 Å². The van der Waals surface area contributed by atoms with E-state index in [1.54, 1.807) is 0 Å². The highest BCUT2D eigenvalue weighted by molar-refractivity contribution is 7.85. The maximum atomic E-state index is 5.39. The normalized spacial score (nSPS) is 16.1. The predicted octanol–water partition coefficient (Wildman–Crippen LogP) is 3.51. The third-order valence-electron chi connectivity index (χ3n) is 0.360. The van der Waals surface area contributed by atoms with Crippen LogP contribution in [0.3, 0.4) is 0 Å². The van der Waals surface area contributed by atoms with Crippen molar-refractivity contribution < 1.29 is 4.52 Å². The van der Waals surface area contributed by atoms with Gasteiger partial charge < -0.3 is 4.52 Å². The average Bonchev–Trinajstić information content (AvgIpc) is 1.62. The van der Waals surface area contributed by atoms with Crippen molar-refractivity contribution in [3.05, 3.63) is 0 Å². The van der Waals surface area contributed by atoms with Gasteiger partial charge in [-0.2, -0.15) is 0 Å². The van der Waals surface area contributed by atoms with Crippen LogP contribution in [0, 0.1) is 0 Å². The summed E-state index contributed by atoms with van der Waals surface area (Å²) in [6.45, 7) is 0. The summed E-state index contributed by atoms with van der Waals surface area (Å²) >= 11 is 21.2. The van der Waals surface area contributed by atoms with E-state index in [1.165, 1.54) is 7.11 Å². The van der Waals surface area contributed by atoms with Gasteiger partial charge in [-0.15, -0.1) is 0 Å². The molecule has 8 heavy (non-hydrogen) atoms. The maximum Gasteiger partial charge on any atom is 0.248 e. The fraction of sp³-hybridized carbons (Fsp3) is 1.00. The molecule has 0 heterocycles. The van der Waals surface area contributed by atoms with Crippen LogP contribution >= 0.6 is 53.5 Å². The van der Waals surface area contributed by atoms with E-state index in [0.29, 0.717) is 0 Å². The molecule has 0 aliphatic heterocycles. The summed E-state index contributed by atoms with van der Waals surface area (Å²) in [5, 5.41) is 0. The molecule has 0 saturated heterocycles. The molecule has 0 aliphatic rings. The molecule has 0 radical (unpaired) electrons. The lowest BCUT2D eigenvalue weighted by Gasteiger charge is -2.13. The number of rotatable bonds is 1. The maximum absolute atomic E-state index is 5.39. The lowest BCUT2D eigenvalue weighted by molar-refractivity contribution is 0.471. The standard InChI is InChI=1S/C2H3Cl4OP/c1-7-8(6)2(3,4)5/h1H3. The molecule has 0 fully saturated rings. The van der Waals surface area contributed by atoms with Crippen LogP contribution < -0.4 is 0 Å². The molecule has 0 spiro atoms. The van der Waals surface area contributed by atoms with Gasteiger partial charge >= 0.3 is 0 Å². The highest BCUT2D eigenvalue weighted by Crippen LogP contribution is 2.61. The quantitative estimate of drug-likeness (QED) is 0.481. The summed E-state index contributed by atoms with van der Waals surface area (Å²) in [5.41, 5.74) is 0. The van der Waals surface area contributed by atoms with Crippen molar-refractivity contribution in [2.75, 3.05) is 7.11 Å². The molecule has 0 aromatic heterocycles. The van der Waals surface area contributed by atoms with Gasteiger partial charge in [-0.1, -0.05) is 46.0 Å². The second kappa shape index (κ2) is 3.65. The van der Waals surface area contributed by atoms with E-state index in [9.17, 15) is 0 Å². The van der Waals surface area contributed by atoms with Gasteiger partial charge in [-0.25, -0.2) is 0 Å².